The molecule has 3 aromatic carbocycles. The van der Waals surface area contributed by atoms with Crippen LogP contribution in [0, 0.1) is 0 Å². The Morgan fingerprint density at radius 1 is 0.923 bits per heavy atom. The first kappa shape index (κ1) is 14.7. The third-order valence-electron chi connectivity index (χ3n) is 4.62. The van der Waals surface area contributed by atoms with Crippen molar-refractivity contribution in [2.75, 3.05) is 4.90 Å². The second-order valence-electron chi connectivity index (χ2n) is 6.24. The molecule has 124 valence electrons. The number of anilines is 2. The van der Waals surface area contributed by atoms with Crippen molar-refractivity contribution in [2.24, 2.45) is 4.99 Å². The summed E-state index contributed by atoms with van der Waals surface area (Å²) < 4.78 is 0. The molecule has 2 heterocycles. The molecular formula is C22H16N4. The predicted molar refractivity (Wildman–Crippen MR) is 106 cm³/mol. The van der Waals surface area contributed by atoms with Crippen molar-refractivity contribution in [3.8, 4) is 0 Å². The Morgan fingerprint density at radius 3 is 2.62 bits per heavy atom. The first-order valence-electron chi connectivity index (χ1n) is 8.47. The summed E-state index contributed by atoms with van der Waals surface area (Å²) >= 11 is 0. The third kappa shape index (κ3) is 2.24. The summed E-state index contributed by atoms with van der Waals surface area (Å²) in [4.78, 5) is 7.07. The minimum Gasteiger partial charge on any atom is -0.308 e. The summed E-state index contributed by atoms with van der Waals surface area (Å²) in [7, 11) is 0. The lowest BCUT2D eigenvalue weighted by Gasteiger charge is -2.20. The van der Waals surface area contributed by atoms with Gasteiger partial charge < -0.3 is 4.90 Å². The van der Waals surface area contributed by atoms with Gasteiger partial charge in [0, 0.05) is 16.6 Å². The maximum Gasteiger partial charge on any atom is 0.0964 e. The van der Waals surface area contributed by atoms with Crippen LogP contribution >= 0.6 is 0 Å². The molecule has 0 radical (unpaired) electrons. The lowest BCUT2D eigenvalue weighted by molar-refractivity contribution is 1.12. The molecule has 1 aliphatic heterocycles. The van der Waals surface area contributed by atoms with Gasteiger partial charge in [-0.25, -0.2) is 4.99 Å². The van der Waals surface area contributed by atoms with E-state index in [0.29, 0.717) is 0 Å². The van der Waals surface area contributed by atoms with Crippen LogP contribution < -0.4 is 4.90 Å². The highest BCUT2D eigenvalue weighted by molar-refractivity contribution is 6.24. The fourth-order valence-corrected chi connectivity index (χ4v) is 3.40. The number of aliphatic imine (C=N–C) groups is 1. The van der Waals surface area contributed by atoms with Crippen molar-refractivity contribution >= 4 is 33.7 Å². The monoisotopic (exact) mass is 336 g/mol. The minimum absolute atomic E-state index is 0.877. The standard InChI is InChI=1S/C22H16N4/c1-15-22(24-17-12-11-16-14-23-25-20(16)13-17)19-9-5-6-10-21(19)26(15)18-7-3-2-4-8-18/h2-14H,1H2,(H,23,25). The van der Waals surface area contributed by atoms with Gasteiger partial charge in [0.05, 0.1) is 34.5 Å². The van der Waals surface area contributed by atoms with Crippen LogP contribution in [0.5, 0.6) is 0 Å². The summed E-state index contributed by atoms with van der Waals surface area (Å²) in [6, 6.07) is 24.6. The number of benzene rings is 3. The zero-order valence-corrected chi connectivity index (χ0v) is 14.1. The Hall–Kier alpha value is -3.66. The van der Waals surface area contributed by atoms with Gasteiger partial charge in [-0.3, -0.25) is 5.10 Å². The van der Waals surface area contributed by atoms with Crippen molar-refractivity contribution in [1.82, 2.24) is 10.2 Å². The molecule has 0 spiro atoms. The molecule has 0 amide bonds. The number of rotatable bonds is 2. The molecule has 5 rings (SSSR count). The second kappa shape index (κ2) is 5.70. The Balaban J connectivity index is 1.66. The van der Waals surface area contributed by atoms with E-state index in [2.05, 4.69) is 45.9 Å². The Bertz CT molecular complexity index is 1150. The van der Waals surface area contributed by atoms with Crippen LogP contribution in [0.4, 0.5) is 17.1 Å². The summed E-state index contributed by atoms with van der Waals surface area (Å²) in [5.41, 5.74) is 6.90. The topological polar surface area (TPSA) is 44.3 Å². The molecule has 4 aromatic rings. The molecule has 4 nitrogen and oxygen atoms in total. The summed E-state index contributed by atoms with van der Waals surface area (Å²) in [5.74, 6) is 0. The normalized spacial score (nSPS) is 15.0. The maximum absolute atomic E-state index is 4.91. The lowest BCUT2D eigenvalue weighted by atomic mass is 10.1. The minimum atomic E-state index is 0.877. The molecule has 0 saturated heterocycles. The van der Waals surface area contributed by atoms with Crippen molar-refractivity contribution in [2.45, 2.75) is 0 Å². The van der Waals surface area contributed by atoms with E-state index in [1.54, 1.807) is 0 Å². The average molecular weight is 336 g/mol. The first-order valence-corrected chi connectivity index (χ1v) is 8.47. The number of hydrogen-bond acceptors (Lipinski definition) is 3. The maximum atomic E-state index is 4.91. The summed E-state index contributed by atoms with van der Waals surface area (Å²) in [6.07, 6.45) is 1.81. The van der Waals surface area contributed by atoms with Crippen LogP contribution in [-0.4, -0.2) is 15.9 Å². The average Bonchev–Trinajstić information content (AvgIpc) is 3.25. The molecule has 0 saturated carbocycles. The van der Waals surface area contributed by atoms with Crippen LogP contribution in [0.1, 0.15) is 5.56 Å². The van der Waals surface area contributed by atoms with Gasteiger partial charge in [0.2, 0.25) is 0 Å². The zero-order valence-electron chi connectivity index (χ0n) is 14.1. The smallest absolute Gasteiger partial charge is 0.0964 e. The number of H-pyrrole nitrogens is 1. The predicted octanol–water partition coefficient (Wildman–Crippen LogP) is 5.35. The van der Waals surface area contributed by atoms with Crippen LogP contribution in [0.25, 0.3) is 10.9 Å². The van der Waals surface area contributed by atoms with Gasteiger partial charge >= 0.3 is 0 Å². The van der Waals surface area contributed by atoms with E-state index in [1.165, 1.54) is 0 Å². The van der Waals surface area contributed by atoms with E-state index in [4.69, 9.17) is 4.99 Å². The van der Waals surface area contributed by atoms with E-state index in [-0.39, 0.29) is 0 Å². The van der Waals surface area contributed by atoms with Crippen molar-refractivity contribution in [1.29, 1.82) is 0 Å². The Kier molecular flexibility index (Phi) is 3.22. The van der Waals surface area contributed by atoms with Crippen LogP contribution in [0.15, 0.2) is 96.3 Å². The fourth-order valence-electron chi connectivity index (χ4n) is 3.40. The van der Waals surface area contributed by atoms with Gasteiger partial charge in [0.15, 0.2) is 0 Å². The first-order chi connectivity index (χ1) is 12.8. The molecule has 0 atom stereocenters. The molecule has 4 heteroatoms. The summed E-state index contributed by atoms with van der Waals surface area (Å²) in [6.45, 7) is 4.33. The summed E-state index contributed by atoms with van der Waals surface area (Å²) in [5, 5.41) is 8.15. The van der Waals surface area contributed by atoms with E-state index in [9.17, 15) is 0 Å². The highest BCUT2D eigenvalue weighted by Crippen LogP contribution is 2.40. The van der Waals surface area contributed by atoms with Gasteiger partial charge in [-0.05, 0) is 36.4 Å². The van der Waals surface area contributed by atoms with Gasteiger partial charge in [-0.15, -0.1) is 0 Å². The largest absolute Gasteiger partial charge is 0.308 e. The molecular weight excluding hydrogens is 320 g/mol. The number of aromatic nitrogens is 2. The van der Waals surface area contributed by atoms with Crippen LogP contribution in [-0.2, 0) is 0 Å². The van der Waals surface area contributed by atoms with Gasteiger partial charge in [0.25, 0.3) is 0 Å². The molecule has 1 aromatic heterocycles. The third-order valence-corrected chi connectivity index (χ3v) is 4.62. The zero-order chi connectivity index (χ0) is 17.5. The SMILES string of the molecule is C=C1C(=Nc2ccc3cn[nH]c3c2)c2ccccc2N1c1ccccc1. The van der Waals surface area contributed by atoms with Crippen LogP contribution in [0.3, 0.4) is 0 Å². The molecule has 1 aliphatic rings. The van der Waals surface area contributed by atoms with Crippen LogP contribution in [0.2, 0.25) is 0 Å². The molecule has 0 unspecified atom stereocenters. The highest BCUT2D eigenvalue weighted by atomic mass is 15.2. The van der Waals surface area contributed by atoms with E-state index in [0.717, 1.165) is 44.9 Å². The van der Waals surface area contributed by atoms with Crippen molar-refractivity contribution in [3.63, 3.8) is 0 Å². The van der Waals surface area contributed by atoms with Gasteiger partial charge in [0.1, 0.15) is 0 Å². The molecule has 26 heavy (non-hydrogen) atoms. The number of fused-ring (bicyclic) bond motifs is 2. The number of allylic oxidation sites excluding steroid dienone is 1. The fraction of sp³-hybridized carbons (Fsp3) is 0. The van der Waals surface area contributed by atoms with Gasteiger partial charge in [-0.1, -0.05) is 43.0 Å². The number of aromatic amines is 1. The highest BCUT2D eigenvalue weighted by Gasteiger charge is 2.29. The quantitative estimate of drug-likeness (QED) is 0.536. The molecule has 0 aliphatic carbocycles. The van der Waals surface area contributed by atoms with Crippen molar-refractivity contribution < 1.29 is 0 Å². The molecule has 1 N–H and O–H groups in total. The Morgan fingerprint density at radius 2 is 1.73 bits per heavy atom. The van der Waals surface area contributed by atoms with Gasteiger partial charge in [-0.2, -0.15) is 5.10 Å². The lowest BCUT2D eigenvalue weighted by Crippen LogP contribution is -2.13. The number of hydrogen-bond donors (Lipinski definition) is 1. The molecule has 0 bridgehead atoms. The second-order valence-corrected chi connectivity index (χ2v) is 6.24. The molecule has 0 fully saturated rings. The number of nitrogens with one attached hydrogen (secondary N) is 1. The number of nitrogens with zero attached hydrogens (tertiary/aromatic N) is 3. The number of para-hydroxylation sites is 2. The van der Waals surface area contributed by atoms with E-state index >= 15 is 0 Å². The van der Waals surface area contributed by atoms with E-state index < -0.39 is 0 Å². The Labute approximate surface area is 151 Å². The van der Waals surface area contributed by atoms with Crippen molar-refractivity contribution in [3.05, 3.63) is 96.8 Å². The van der Waals surface area contributed by atoms with E-state index in [1.807, 2.05) is 54.7 Å².